The average molecular weight is 445 g/mol. The lowest BCUT2D eigenvalue weighted by Gasteiger charge is -2.28. The van der Waals surface area contributed by atoms with Gasteiger partial charge in [-0.2, -0.15) is 0 Å². The standard InChI is InChI=1S/C23H32N4O5/c1-2-3-14-31-20-7-5-19(6-8-20)23(29)27(11-4-10-26-12-16-30-17-13-26)18-22(28)24-21-9-15-32-25-21/h5-9,15H,2-4,10-14,16-18H2,1H3,(H,24,25,28). The monoisotopic (exact) mass is 444 g/mol. The van der Waals surface area contributed by atoms with E-state index in [0.717, 1.165) is 57.9 Å². The summed E-state index contributed by atoms with van der Waals surface area (Å²) in [4.78, 5) is 29.5. The minimum atomic E-state index is -0.321. The van der Waals surface area contributed by atoms with Gasteiger partial charge in [0.25, 0.3) is 5.91 Å². The SMILES string of the molecule is CCCCOc1ccc(C(=O)N(CCCN2CCOCC2)CC(=O)Nc2ccon2)cc1. The third-order valence-electron chi connectivity index (χ3n) is 5.20. The zero-order chi connectivity index (χ0) is 22.6. The normalized spacial score (nSPS) is 14.2. The molecule has 1 saturated heterocycles. The highest BCUT2D eigenvalue weighted by molar-refractivity contribution is 5.99. The maximum Gasteiger partial charge on any atom is 0.254 e. The van der Waals surface area contributed by atoms with Gasteiger partial charge in [-0.15, -0.1) is 0 Å². The number of amides is 2. The largest absolute Gasteiger partial charge is 0.494 e. The fourth-order valence-electron chi connectivity index (χ4n) is 3.41. The molecule has 32 heavy (non-hydrogen) atoms. The first-order valence-electron chi connectivity index (χ1n) is 11.2. The van der Waals surface area contributed by atoms with Gasteiger partial charge in [0.2, 0.25) is 5.91 Å². The third-order valence-corrected chi connectivity index (χ3v) is 5.20. The van der Waals surface area contributed by atoms with Crippen LogP contribution < -0.4 is 10.1 Å². The highest BCUT2D eigenvalue weighted by atomic mass is 16.5. The molecule has 0 unspecified atom stereocenters. The van der Waals surface area contributed by atoms with Crippen LogP contribution in [-0.2, 0) is 9.53 Å². The molecule has 2 amide bonds. The molecule has 0 saturated carbocycles. The van der Waals surface area contributed by atoms with Gasteiger partial charge in [-0.25, -0.2) is 0 Å². The molecular formula is C23H32N4O5. The lowest BCUT2D eigenvalue weighted by molar-refractivity contribution is -0.117. The van der Waals surface area contributed by atoms with E-state index in [9.17, 15) is 9.59 Å². The van der Waals surface area contributed by atoms with Crippen molar-refractivity contribution >= 4 is 17.6 Å². The number of benzene rings is 1. The number of nitrogens with one attached hydrogen (secondary N) is 1. The minimum Gasteiger partial charge on any atom is -0.494 e. The van der Waals surface area contributed by atoms with Crippen LogP contribution in [0.5, 0.6) is 5.75 Å². The summed E-state index contributed by atoms with van der Waals surface area (Å²) in [5, 5.41) is 6.34. The molecule has 2 heterocycles. The second-order valence-electron chi connectivity index (χ2n) is 7.69. The lowest BCUT2D eigenvalue weighted by atomic mass is 10.1. The van der Waals surface area contributed by atoms with Crippen LogP contribution in [-0.4, -0.2) is 79.3 Å². The number of anilines is 1. The second kappa shape index (κ2) is 12.8. The smallest absolute Gasteiger partial charge is 0.254 e. The molecule has 0 radical (unpaired) electrons. The number of morpholine rings is 1. The highest BCUT2D eigenvalue weighted by Gasteiger charge is 2.20. The van der Waals surface area contributed by atoms with Gasteiger partial charge in [0.15, 0.2) is 5.82 Å². The molecule has 1 aromatic carbocycles. The van der Waals surface area contributed by atoms with E-state index in [1.54, 1.807) is 35.2 Å². The zero-order valence-corrected chi connectivity index (χ0v) is 18.6. The average Bonchev–Trinajstić information content (AvgIpc) is 3.32. The van der Waals surface area contributed by atoms with Crippen LogP contribution in [0.1, 0.15) is 36.5 Å². The number of hydrogen-bond acceptors (Lipinski definition) is 7. The molecule has 1 aliphatic heterocycles. The Morgan fingerprint density at radius 3 is 2.62 bits per heavy atom. The first-order chi connectivity index (χ1) is 15.7. The Kier molecular flexibility index (Phi) is 9.52. The summed E-state index contributed by atoms with van der Waals surface area (Å²) in [6, 6.07) is 8.64. The second-order valence-corrected chi connectivity index (χ2v) is 7.69. The summed E-state index contributed by atoms with van der Waals surface area (Å²) in [5.74, 6) is 0.544. The molecule has 0 spiro atoms. The molecular weight excluding hydrogens is 412 g/mol. The summed E-state index contributed by atoms with van der Waals surface area (Å²) < 4.78 is 15.8. The number of aromatic nitrogens is 1. The minimum absolute atomic E-state index is 0.0659. The van der Waals surface area contributed by atoms with Crippen LogP contribution in [0.2, 0.25) is 0 Å². The van der Waals surface area contributed by atoms with Crippen molar-refractivity contribution in [3.05, 3.63) is 42.2 Å². The van der Waals surface area contributed by atoms with Gasteiger partial charge in [-0.1, -0.05) is 18.5 Å². The number of carbonyl (C=O) groups is 2. The summed E-state index contributed by atoms with van der Waals surface area (Å²) >= 11 is 0. The van der Waals surface area contributed by atoms with Crippen LogP contribution in [0, 0.1) is 0 Å². The van der Waals surface area contributed by atoms with E-state index in [1.807, 2.05) is 0 Å². The van der Waals surface area contributed by atoms with E-state index in [0.29, 0.717) is 24.5 Å². The molecule has 174 valence electrons. The quantitative estimate of drug-likeness (QED) is 0.503. The zero-order valence-electron chi connectivity index (χ0n) is 18.6. The fourth-order valence-corrected chi connectivity index (χ4v) is 3.41. The molecule has 1 N–H and O–H groups in total. The van der Waals surface area contributed by atoms with E-state index in [-0.39, 0.29) is 18.4 Å². The molecule has 1 aromatic heterocycles. The van der Waals surface area contributed by atoms with Crippen molar-refractivity contribution in [2.45, 2.75) is 26.2 Å². The van der Waals surface area contributed by atoms with Gasteiger partial charge in [0.1, 0.15) is 18.6 Å². The van der Waals surface area contributed by atoms with Crippen molar-refractivity contribution in [2.24, 2.45) is 0 Å². The fraction of sp³-hybridized carbons (Fsp3) is 0.522. The molecule has 0 bridgehead atoms. The Hall–Kier alpha value is -2.91. The molecule has 2 aromatic rings. The van der Waals surface area contributed by atoms with Crippen molar-refractivity contribution < 1.29 is 23.6 Å². The van der Waals surface area contributed by atoms with E-state index in [4.69, 9.17) is 14.0 Å². The summed E-state index contributed by atoms with van der Waals surface area (Å²) in [7, 11) is 0. The predicted molar refractivity (Wildman–Crippen MR) is 120 cm³/mol. The molecule has 9 heteroatoms. The van der Waals surface area contributed by atoms with Crippen molar-refractivity contribution in [3.63, 3.8) is 0 Å². The molecule has 3 rings (SSSR count). The van der Waals surface area contributed by atoms with Crippen molar-refractivity contribution in [1.82, 2.24) is 15.0 Å². The van der Waals surface area contributed by atoms with E-state index in [2.05, 4.69) is 22.3 Å². The van der Waals surface area contributed by atoms with Crippen LogP contribution in [0.4, 0.5) is 5.82 Å². The Morgan fingerprint density at radius 1 is 1.16 bits per heavy atom. The number of carbonyl (C=O) groups excluding carboxylic acids is 2. The van der Waals surface area contributed by atoms with Crippen LogP contribution >= 0.6 is 0 Å². The summed E-state index contributed by atoms with van der Waals surface area (Å²) in [6.07, 6.45) is 4.19. The van der Waals surface area contributed by atoms with Crippen molar-refractivity contribution in [3.8, 4) is 5.75 Å². The van der Waals surface area contributed by atoms with Gasteiger partial charge in [-0.05, 0) is 37.1 Å². The highest BCUT2D eigenvalue weighted by Crippen LogP contribution is 2.15. The Labute approximate surface area is 188 Å². The lowest BCUT2D eigenvalue weighted by Crippen LogP contribution is -2.41. The van der Waals surface area contributed by atoms with Gasteiger partial charge >= 0.3 is 0 Å². The first-order valence-corrected chi connectivity index (χ1v) is 11.2. The van der Waals surface area contributed by atoms with Gasteiger partial charge in [-0.3, -0.25) is 14.5 Å². The van der Waals surface area contributed by atoms with E-state index in [1.165, 1.54) is 6.26 Å². The number of rotatable bonds is 12. The number of ether oxygens (including phenoxy) is 2. The maximum absolute atomic E-state index is 13.2. The number of unbranched alkanes of at least 4 members (excludes halogenated alkanes) is 1. The molecule has 9 nitrogen and oxygen atoms in total. The van der Waals surface area contributed by atoms with Gasteiger partial charge in [0, 0.05) is 37.8 Å². The third kappa shape index (κ3) is 7.65. The van der Waals surface area contributed by atoms with Gasteiger partial charge < -0.3 is 24.2 Å². The van der Waals surface area contributed by atoms with E-state index < -0.39 is 0 Å². The topological polar surface area (TPSA) is 97.1 Å². The Balaban J connectivity index is 1.59. The number of hydrogen-bond donors (Lipinski definition) is 1. The molecule has 1 aliphatic rings. The summed E-state index contributed by atoms with van der Waals surface area (Å²) in [5.41, 5.74) is 0.522. The van der Waals surface area contributed by atoms with Crippen molar-refractivity contribution in [1.29, 1.82) is 0 Å². The van der Waals surface area contributed by atoms with Crippen LogP contribution in [0.15, 0.2) is 41.1 Å². The first kappa shape index (κ1) is 23.7. The van der Waals surface area contributed by atoms with Gasteiger partial charge in [0.05, 0.1) is 19.8 Å². The van der Waals surface area contributed by atoms with Crippen LogP contribution in [0.3, 0.4) is 0 Å². The predicted octanol–water partition coefficient (Wildman–Crippen LogP) is 2.66. The molecule has 0 atom stereocenters. The molecule has 0 aliphatic carbocycles. The van der Waals surface area contributed by atoms with Crippen molar-refractivity contribution in [2.75, 3.05) is 57.9 Å². The summed E-state index contributed by atoms with van der Waals surface area (Å²) in [6.45, 7) is 7.26. The number of nitrogens with zero attached hydrogens (tertiary/aromatic N) is 3. The van der Waals surface area contributed by atoms with E-state index >= 15 is 0 Å². The maximum atomic E-state index is 13.2. The Bertz CT molecular complexity index is 819. The van der Waals surface area contributed by atoms with Crippen LogP contribution in [0.25, 0.3) is 0 Å². The molecule has 1 fully saturated rings. The Morgan fingerprint density at radius 2 is 1.94 bits per heavy atom.